The van der Waals surface area contributed by atoms with Crippen LogP contribution in [0.3, 0.4) is 0 Å². The van der Waals surface area contributed by atoms with Crippen molar-refractivity contribution in [2.75, 3.05) is 0 Å². The van der Waals surface area contributed by atoms with E-state index in [1.54, 1.807) is 33.9 Å². The number of thiophene rings is 1. The zero-order valence-electron chi connectivity index (χ0n) is 17.2. The number of nitrogens with zero attached hydrogens (tertiary/aromatic N) is 3. The maximum atomic E-state index is 13.6. The maximum absolute atomic E-state index is 13.6. The van der Waals surface area contributed by atoms with Gasteiger partial charge in [-0.15, -0.1) is 11.3 Å². The van der Waals surface area contributed by atoms with Gasteiger partial charge in [0.1, 0.15) is 16.4 Å². The molecule has 1 unspecified atom stereocenters. The lowest BCUT2D eigenvalue weighted by molar-refractivity contribution is 0.392. The molecule has 4 heterocycles. The Labute approximate surface area is 182 Å². The molecule has 1 aliphatic carbocycles. The number of hydrogen-bond donors (Lipinski definition) is 0. The second-order valence-corrected chi connectivity index (χ2v) is 10.0. The van der Waals surface area contributed by atoms with Gasteiger partial charge in [0.25, 0.3) is 5.56 Å². The van der Waals surface area contributed by atoms with Crippen LogP contribution in [0.1, 0.15) is 46.6 Å². The number of furan rings is 1. The van der Waals surface area contributed by atoms with Crippen LogP contribution in [0.2, 0.25) is 0 Å². The summed E-state index contributed by atoms with van der Waals surface area (Å²) >= 11 is 3.23. The third-order valence-electron chi connectivity index (χ3n) is 5.80. The predicted molar refractivity (Wildman–Crippen MR) is 118 cm³/mol. The van der Waals surface area contributed by atoms with Crippen molar-refractivity contribution in [2.45, 2.75) is 57.5 Å². The fourth-order valence-corrected chi connectivity index (χ4v) is 6.63. The van der Waals surface area contributed by atoms with Crippen molar-refractivity contribution < 1.29 is 8.94 Å². The van der Waals surface area contributed by atoms with Gasteiger partial charge in [0.15, 0.2) is 5.16 Å². The van der Waals surface area contributed by atoms with E-state index in [2.05, 4.69) is 12.1 Å². The van der Waals surface area contributed by atoms with Crippen molar-refractivity contribution in [3.63, 3.8) is 0 Å². The summed E-state index contributed by atoms with van der Waals surface area (Å²) in [6.07, 6.45) is 4.76. The van der Waals surface area contributed by atoms with Crippen molar-refractivity contribution in [3.05, 3.63) is 62.0 Å². The minimum atomic E-state index is 0.0321. The maximum Gasteiger partial charge on any atom is 0.263 e. The molecule has 0 aliphatic heterocycles. The van der Waals surface area contributed by atoms with E-state index in [1.807, 2.05) is 26.0 Å². The molecule has 0 aromatic carbocycles. The van der Waals surface area contributed by atoms with E-state index in [0.29, 0.717) is 23.4 Å². The SMILES string of the molecule is Cc1noc(C)c1CSc1nc2sc3c(c2c(=O)n1Cc1ccco1)CCC(C)C3. The molecule has 4 aromatic heterocycles. The first-order chi connectivity index (χ1) is 14.5. The van der Waals surface area contributed by atoms with E-state index in [9.17, 15) is 4.79 Å². The summed E-state index contributed by atoms with van der Waals surface area (Å²) in [6.45, 7) is 6.50. The van der Waals surface area contributed by atoms with Gasteiger partial charge in [-0.2, -0.15) is 0 Å². The average Bonchev–Trinajstić information content (AvgIpc) is 3.42. The Kier molecular flexibility index (Phi) is 5.06. The molecule has 0 fully saturated rings. The fraction of sp³-hybridized carbons (Fsp3) is 0.409. The fourth-order valence-electron chi connectivity index (χ4n) is 4.06. The van der Waals surface area contributed by atoms with Crippen molar-refractivity contribution >= 4 is 33.3 Å². The molecule has 4 aromatic rings. The molecular weight excluding hydrogens is 418 g/mol. The zero-order chi connectivity index (χ0) is 20.8. The van der Waals surface area contributed by atoms with E-state index in [-0.39, 0.29) is 5.56 Å². The van der Waals surface area contributed by atoms with Gasteiger partial charge in [-0.1, -0.05) is 23.8 Å². The van der Waals surface area contributed by atoms with E-state index >= 15 is 0 Å². The van der Waals surface area contributed by atoms with Crippen molar-refractivity contribution in [2.24, 2.45) is 5.92 Å². The van der Waals surface area contributed by atoms with Gasteiger partial charge in [0.2, 0.25) is 0 Å². The summed E-state index contributed by atoms with van der Waals surface area (Å²) in [7, 11) is 0. The predicted octanol–water partition coefficient (Wildman–Crippen LogP) is 5.12. The quantitative estimate of drug-likeness (QED) is 0.316. The second-order valence-electron chi connectivity index (χ2n) is 7.99. The molecule has 0 radical (unpaired) electrons. The van der Waals surface area contributed by atoms with Gasteiger partial charge < -0.3 is 8.94 Å². The normalized spacial score (nSPS) is 16.3. The lowest BCUT2D eigenvalue weighted by Crippen LogP contribution is -2.24. The number of fused-ring (bicyclic) bond motifs is 3. The first-order valence-corrected chi connectivity index (χ1v) is 11.9. The molecular formula is C22H23N3O3S2. The molecule has 1 atom stereocenters. The Morgan fingerprint density at radius 2 is 2.23 bits per heavy atom. The molecule has 0 amide bonds. The summed E-state index contributed by atoms with van der Waals surface area (Å²) in [5.41, 5.74) is 3.17. The molecule has 5 rings (SSSR count). The van der Waals surface area contributed by atoms with Crippen LogP contribution in [0, 0.1) is 19.8 Å². The van der Waals surface area contributed by atoms with Gasteiger partial charge in [-0.25, -0.2) is 4.98 Å². The monoisotopic (exact) mass is 441 g/mol. The highest BCUT2D eigenvalue weighted by atomic mass is 32.2. The van der Waals surface area contributed by atoms with Crippen LogP contribution in [0.4, 0.5) is 0 Å². The number of thioether (sulfide) groups is 1. The molecule has 8 heteroatoms. The average molecular weight is 442 g/mol. The molecule has 0 N–H and O–H groups in total. The van der Waals surface area contributed by atoms with Crippen LogP contribution in [-0.2, 0) is 25.1 Å². The topological polar surface area (TPSA) is 74.1 Å². The summed E-state index contributed by atoms with van der Waals surface area (Å²) in [6, 6.07) is 3.74. The second kappa shape index (κ2) is 7.74. The lowest BCUT2D eigenvalue weighted by Gasteiger charge is -2.17. The molecule has 0 bridgehead atoms. The Morgan fingerprint density at radius 1 is 1.37 bits per heavy atom. The Bertz CT molecular complexity index is 1250. The highest BCUT2D eigenvalue weighted by Crippen LogP contribution is 2.37. The van der Waals surface area contributed by atoms with Crippen LogP contribution in [-0.4, -0.2) is 14.7 Å². The molecule has 30 heavy (non-hydrogen) atoms. The lowest BCUT2D eigenvalue weighted by atomic mass is 9.89. The Hall–Kier alpha value is -2.32. The molecule has 0 saturated carbocycles. The van der Waals surface area contributed by atoms with Crippen molar-refractivity contribution in [1.82, 2.24) is 14.7 Å². The minimum absolute atomic E-state index is 0.0321. The summed E-state index contributed by atoms with van der Waals surface area (Å²) < 4.78 is 12.6. The molecule has 156 valence electrons. The standard InChI is InChI=1S/C22H23N3O3S2/c1-12-6-7-16-18(9-12)30-20-19(16)21(26)25(10-15-5-4-8-27-15)22(23-20)29-11-17-13(2)24-28-14(17)3/h4-5,8,12H,6-7,9-11H2,1-3H3. The Morgan fingerprint density at radius 3 is 2.97 bits per heavy atom. The van der Waals surface area contributed by atoms with Gasteiger partial charge in [-0.3, -0.25) is 9.36 Å². The highest BCUT2D eigenvalue weighted by Gasteiger charge is 2.25. The Balaban J connectivity index is 1.61. The third-order valence-corrected chi connectivity index (χ3v) is 7.95. The molecule has 0 spiro atoms. The van der Waals surface area contributed by atoms with Gasteiger partial charge in [0.05, 0.1) is 23.9 Å². The largest absolute Gasteiger partial charge is 0.467 e. The zero-order valence-corrected chi connectivity index (χ0v) is 18.9. The van der Waals surface area contributed by atoms with Crippen LogP contribution >= 0.6 is 23.1 Å². The third kappa shape index (κ3) is 3.41. The van der Waals surface area contributed by atoms with Crippen LogP contribution in [0.15, 0.2) is 37.3 Å². The number of hydrogen-bond acceptors (Lipinski definition) is 7. The molecule has 6 nitrogen and oxygen atoms in total. The number of aryl methyl sites for hydroxylation is 3. The molecule has 1 aliphatic rings. The summed E-state index contributed by atoms with van der Waals surface area (Å²) in [4.78, 5) is 20.8. The van der Waals surface area contributed by atoms with E-state index in [4.69, 9.17) is 13.9 Å². The van der Waals surface area contributed by atoms with Crippen molar-refractivity contribution in [3.8, 4) is 0 Å². The summed E-state index contributed by atoms with van der Waals surface area (Å²) in [5.74, 6) is 2.86. The highest BCUT2D eigenvalue weighted by molar-refractivity contribution is 7.98. The van der Waals surface area contributed by atoms with Gasteiger partial charge in [-0.05, 0) is 56.7 Å². The van der Waals surface area contributed by atoms with E-state index < -0.39 is 0 Å². The molecule has 0 saturated heterocycles. The van der Waals surface area contributed by atoms with E-state index in [0.717, 1.165) is 52.3 Å². The van der Waals surface area contributed by atoms with Crippen LogP contribution in [0.25, 0.3) is 10.2 Å². The van der Waals surface area contributed by atoms with Crippen LogP contribution < -0.4 is 5.56 Å². The van der Waals surface area contributed by atoms with Gasteiger partial charge >= 0.3 is 0 Å². The number of rotatable bonds is 5. The smallest absolute Gasteiger partial charge is 0.263 e. The van der Waals surface area contributed by atoms with Crippen LogP contribution in [0.5, 0.6) is 0 Å². The van der Waals surface area contributed by atoms with E-state index in [1.165, 1.54) is 10.4 Å². The number of aromatic nitrogens is 3. The van der Waals surface area contributed by atoms with Crippen molar-refractivity contribution in [1.29, 1.82) is 0 Å². The first kappa shape index (κ1) is 19.6. The van der Waals surface area contributed by atoms with Gasteiger partial charge in [0, 0.05) is 16.2 Å². The first-order valence-electron chi connectivity index (χ1n) is 10.1. The minimum Gasteiger partial charge on any atom is -0.467 e. The summed E-state index contributed by atoms with van der Waals surface area (Å²) in [5, 5.41) is 5.55.